The summed E-state index contributed by atoms with van der Waals surface area (Å²) in [5.74, 6) is 0. The van der Waals surface area contributed by atoms with E-state index >= 15 is 0 Å². The minimum absolute atomic E-state index is 0.216. The average Bonchev–Trinajstić information content (AvgIpc) is 2.52. The molecule has 2 heterocycles. The lowest BCUT2D eigenvalue weighted by Gasteiger charge is -2.30. The summed E-state index contributed by atoms with van der Waals surface area (Å²) in [4.78, 5) is 13.8. The van der Waals surface area contributed by atoms with Crippen LogP contribution in [0.1, 0.15) is 37.7 Å². The Morgan fingerprint density at radius 3 is 2.67 bits per heavy atom. The topological polar surface area (TPSA) is 34.5 Å². The molecule has 4 heteroatoms. The summed E-state index contributed by atoms with van der Waals surface area (Å²) in [6.45, 7) is 9.17. The van der Waals surface area contributed by atoms with Gasteiger partial charge >= 0.3 is 6.09 Å². The maximum absolute atomic E-state index is 12.0. The lowest BCUT2D eigenvalue weighted by Crippen LogP contribution is -2.40. The zero-order chi connectivity index (χ0) is 13.5. The molecule has 0 bridgehead atoms. The molecule has 4 nitrogen and oxygen atoms in total. The van der Waals surface area contributed by atoms with Crippen LogP contribution in [0.15, 0.2) is 6.07 Å². The first-order valence-electron chi connectivity index (χ1n) is 6.40. The molecule has 18 heavy (non-hydrogen) atoms. The summed E-state index contributed by atoms with van der Waals surface area (Å²) in [7, 11) is 2.05. The van der Waals surface area contributed by atoms with E-state index in [0.29, 0.717) is 6.54 Å². The number of fused-ring (bicyclic) bond motifs is 1. The second-order valence-electron chi connectivity index (χ2n) is 5.97. The number of hydrogen-bond donors (Lipinski definition) is 0. The summed E-state index contributed by atoms with van der Waals surface area (Å²) in [6.07, 6.45) is 0.697. The van der Waals surface area contributed by atoms with Crippen molar-refractivity contribution in [1.29, 1.82) is 0 Å². The van der Waals surface area contributed by atoms with Crippen LogP contribution in [0.5, 0.6) is 0 Å². The molecule has 0 spiro atoms. The smallest absolute Gasteiger partial charge is 0.410 e. The molecular weight excluding hydrogens is 228 g/mol. The first kappa shape index (κ1) is 13.0. The van der Waals surface area contributed by atoms with E-state index in [0.717, 1.165) is 13.0 Å². The highest BCUT2D eigenvalue weighted by Crippen LogP contribution is 2.23. The van der Waals surface area contributed by atoms with Crippen molar-refractivity contribution in [2.24, 2.45) is 7.05 Å². The van der Waals surface area contributed by atoms with Gasteiger partial charge in [-0.3, -0.25) is 0 Å². The standard InChI is InChI=1S/C14H22N2O2/c1-10-8-11-6-7-16(9-12(11)15(10)5)13(17)18-14(2,3)4/h8H,6-7,9H2,1-5H3. The van der Waals surface area contributed by atoms with Gasteiger partial charge in [-0.1, -0.05) is 0 Å². The van der Waals surface area contributed by atoms with Crippen molar-refractivity contribution in [2.45, 2.75) is 46.3 Å². The van der Waals surface area contributed by atoms with Gasteiger partial charge in [-0.15, -0.1) is 0 Å². The Hall–Kier alpha value is -1.45. The Morgan fingerprint density at radius 2 is 2.06 bits per heavy atom. The Balaban J connectivity index is 2.12. The molecule has 0 radical (unpaired) electrons. The van der Waals surface area contributed by atoms with Gasteiger partial charge in [0.15, 0.2) is 0 Å². The van der Waals surface area contributed by atoms with Crippen LogP contribution in [0, 0.1) is 6.92 Å². The molecule has 0 saturated carbocycles. The molecule has 0 atom stereocenters. The van der Waals surface area contributed by atoms with Crippen molar-refractivity contribution in [3.8, 4) is 0 Å². The van der Waals surface area contributed by atoms with Crippen molar-refractivity contribution in [2.75, 3.05) is 6.54 Å². The third-order valence-electron chi connectivity index (χ3n) is 3.33. The van der Waals surface area contributed by atoms with E-state index < -0.39 is 5.60 Å². The Labute approximate surface area is 109 Å². The highest BCUT2D eigenvalue weighted by Gasteiger charge is 2.27. The minimum Gasteiger partial charge on any atom is -0.444 e. The zero-order valence-electron chi connectivity index (χ0n) is 11.9. The summed E-state index contributed by atoms with van der Waals surface area (Å²) >= 11 is 0. The zero-order valence-corrected chi connectivity index (χ0v) is 11.9. The van der Waals surface area contributed by atoms with E-state index in [1.807, 2.05) is 27.8 Å². The molecular formula is C14H22N2O2. The van der Waals surface area contributed by atoms with Crippen LogP contribution in [0.4, 0.5) is 4.79 Å². The van der Waals surface area contributed by atoms with E-state index in [1.165, 1.54) is 17.0 Å². The summed E-state index contributed by atoms with van der Waals surface area (Å²) < 4.78 is 7.58. The van der Waals surface area contributed by atoms with Crippen LogP contribution in [0.25, 0.3) is 0 Å². The van der Waals surface area contributed by atoms with Crippen molar-refractivity contribution in [1.82, 2.24) is 9.47 Å². The van der Waals surface area contributed by atoms with Crippen LogP contribution in [0.2, 0.25) is 0 Å². The highest BCUT2D eigenvalue weighted by atomic mass is 16.6. The second kappa shape index (κ2) is 4.34. The van der Waals surface area contributed by atoms with Gasteiger partial charge in [0.05, 0.1) is 6.54 Å². The number of aryl methyl sites for hydroxylation is 1. The monoisotopic (exact) mass is 250 g/mol. The third kappa shape index (κ3) is 2.52. The molecule has 1 aromatic rings. The molecule has 1 aromatic heterocycles. The first-order valence-corrected chi connectivity index (χ1v) is 6.40. The van der Waals surface area contributed by atoms with Gasteiger partial charge in [0.25, 0.3) is 0 Å². The largest absolute Gasteiger partial charge is 0.444 e. The Kier molecular flexibility index (Phi) is 3.13. The molecule has 0 unspecified atom stereocenters. The summed E-state index contributed by atoms with van der Waals surface area (Å²) in [5, 5.41) is 0. The second-order valence-corrected chi connectivity index (χ2v) is 5.97. The third-order valence-corrected chi connectivity index (χ3v) is 3.33. The number of ether oxygens (including phenoxy) is 1. The van der Waals surface area contributed by atoms with Crippen molar-refractivity contribution >= 4 is 6.09 Å². The van der Waals surface area contributed by atoms with Gasteiger partial charge in [0, 0.05) is 25.0 Å². The molecule has 0 saturated heterocycles. The molecule has 1 aliphatic heterocycles. The molecule has 0 fully saturated rings. The fourth-order valence-corrected chi connectivity index (χ4v) is 2.28. The summed E-state index contributed by atoms with van der Waals surface area (Å²) in [6, 6.07) is 2.21. The maximum atomic E-state index is 12.0. The van der Waals surface area contributed by atoms with E-state index in [2.05, 4.69) is 17.6 Å². The predicted molar refractivity (Wildman–Crippen MR) is 70.5 cm³/mol. The van der Waals surface area contributed by atoms with Gasteiger partial charge in [0.2, 0.25) is 0 Å². The van der Waals surface area contributed by atoms with Gasteiger partial charge < -0.3 is 14.2 Å². The number of amides is 1. The molecule has 100 valence electrons. The van der Waals surface area contributed by atoms with E-state index in [-0.39, 0.29) is 6.09 Å². The van der Waals surface area contributed by atoms with Gasteiger partial charge in [-0.2, -0.15) is 0 Å². The van der Waals surface area contributed by atoms with Crippen molar-refractivity contribution in [3.63, 3.8) is 0 Å². The van der Waals surface area contributed by atoms with Crippen LogP contribution in [-0.4, -0.2) is 27.7 Å². The normalized spacial score (nSPS) is 15.5. The first-order chi connectivity index (χ1) is 8.28. The fraction of sp³-hybridized carbons (Fsp3) is 0.643. The minimum atomic E-state index is -0.429. The molecule has 0 aliphatic carbocycles. The number of aromatic nitrogens is 1. The fourth-order valence-electron chi connectivity index (χ4n) is 2.28. The lowest BCUT2D eigenvalue weighted by atomic mass is 10.1. The van der Waals surface area contributed by atoms with Crippen LogP contribution >= 0.6 is 0 Å². The number of rotatable bonds is 0. The molecule has 0 N–H and O–H groups in total. The van der Waals surface area contributed by atoms with E-state index in [1.54, 1.807) is 4.90 Å². The predicted octanol–water partition coefficient (Wildman–Crippen LogP) is 2.63. The molecule has 1 amide bonds. The van der Waals surface area contributed by atoms with Gasteiger partial charge in [-0.25, -0.2) is 4.79 Å². The molecule has 1 aliphatic rings. The Bertz CT molecular complexity index is 469. The molecule has 0 aromatic carbocycles. The molecule has 2 rings (SSSR count). The van der Waals surface area contributed by atoms with Crippen LogP contribution < -0.4 is 0 Å². The highest BCUT2D eigenvalue weighted by molar-refractivity contribution is 5.68. The van der Waals surface area contributed by atoms with E-state index in [4.69, 9.17) is 4.74 Å². The van der Waals surface area contributed by atoms with Crippen LogP contribution in [0.3, 0.4) is 0 Å². The van der Waals surface area contributed by atoms with E-state index in [9.17, 15) is 4.79 Å². The van der Waals surface area contributed by atoms with Crippen molar-refractivity contribution in [3.05, 3.63) is 23.0 Å². The maximum Gasteiger partial charge on any atom is 0.410 e. The quantitative estimate of drug-likeness (QED) is 0.709. The number of nitrogens with zero attached hydrogens (tertiary/aromatic N) is 2. The Morgan fingerprint density at radius 1 is 1.39 bits per heavy atom. The summed E-state index contributed by atoms with van der Waals surface area (Å²) in [5.41, 5.74) is 3.40. The number of carbonyl (C=O) groups excluding carboxylic acids is 1. The number of carbonyl (C=O) groups is 1. The SMILES string of the molecule is Cc1cc2c(n1C)CN(C(=O)OC(C)(C)C)CC2. The van der Waals surface area contributed by atoms with Crippen LogP contribution in [-0.2, 0) is 24.8 Å². The average molecular weight is 250 g/mol. The van der Waals surface area contributed by atoms with Gasteiger partial charge in [-0.05, 0) is 45.7 Å². The van der Waals surface area contributed by atoms with Crippen molar-refractivity contribution < 1.29 is 9.53 Å². The van der Waals surface area contributed by atoms with Gasteiger partial charge in [0.1, 0.15) is 5.60 Å². The number of hydrogen-bond acceptors (Lipinski definition) is 2. The lowest BCUT2D eigenvalue weighted by molar-refractivity contribution is 0.0219.